The zero-order valence-corrected chi connectivity index (χ0v) is 17.9. The van der Waals surface area contributed by atoms with E-state index in [0.29, 0.717) is 17.3 Å². The molecule has 3 N–H and O–H groups in total. The lowest BCUT2D eigenvalue weighted by molar-refractivity contribution is 0.178. The number of hydrogen-bond acceptors (Lipinski definition) is 7. The van der Waals surface area contributed by atoms with Gasteiger partial charge in [0.1, 0.15) is 11.6 Å². The van der Waals surface area contributed by atoms with Crippen molar-refractivity contribution in [1.29, 1.82) is 0 Å². The van der Waals surface area contributed by atoms with Crippen LogP contribution in [0, 0.1) is 5.92 Å². The molecule has 1 aromatic carbocycles. The van der Waals surface area contributed by atoms with Crippen LogP contribution >= 0.6 is 15.9 Å². The first kappa shape index (κ1) is 20.3. The number of rotatable bonds is 6. The maximum absolute atomic E-state index is 11.1. The van der Waals surface area contributed by atoms with Gasteiger partial charge in [0.15, 0.2) is 5.65 Å². The minimum Gasteiger partial charge on any atom is -0.768 e. The molecule has 0 aliphatic heterocycles. The van der Waals surface area contributed by atoms with Gasteiger partial charge in [0.25, 0.3) is 0 Å². The fourth-order valence-corrected chi connectivity index (χ4v) is 4.41. The molecule has 0 spiro atoms. The normalized spacial score (nSPS) is 20.5. The molecule has 0 radical (unpaired) electrons. The number of hydrogen-bond donors (Lipinski definition) is 3. The summed E-state index contributed by atoms with van der Waals surface area (Å²) in [6.45, 7) is 0.162. The molecule has 0 amide bonds. The highest BCUT2D eigenvalue weighted by atomic mass is 79.9. The summed E-state index contributed by atoms with van der Waals surface area (Å²) in [5.41, 5.74) is 1.39. The van der Waals surface area contributed by atoms with Crippen LogP contribution in [0.5, 0.6) is 0 Å². The van der Waals surface area contributed by atoms with Crippen LogP contribution in [0.2, 0.25) is 0 Å². The number of benzene rings is 1. The van der Waals surface area contributed by atoms with Crippen LogP contribution in [-0.4, -0.2) is 41.1 Å². The largest absolute Gasteiger partial charge is 0.768 e. The highest BCUT2D eigenvalue weighted by Gasteiger charge is 2.25. The average molecular weight is 479 g/mol. The van der Waals surface area contributed by atoms with Gasteiger partial charge in [0, 0.05) is 35.2 Å². The standard InChI is InChI=1S/C19H22BrN5O3S/c20-15-10-21-25-18(22-13-5-7-14(8-6-13)29(27)28)9-17(24-19(15)25)23-16-4-2-1-3-12(16)11-26/h5-10,12,16,22,26H,1-4,11H2,(H,23,24)(H,27,28)/p-1/t12-,16+/m0/s1. The summed E-state index contributed by atoms with van der Waals surface area (Å²) in [6.07, 6.45) is 5.95. The van der Waals surface area contributed by atoms with Gasteiger partial charge in [-0.25, -0.2) is 4.98 Å². The van der Waals surface area contributed by atoms with Crippen molar-refractivity contribution >= 4 is 50.0 Å². The Labute approximate surface area is 179 Å². The number of halogens is 1. The van der Waals surface area contributed by atoms with Crippen LogP contribution in [-0.2, 0) is 11.1 Å². The Kier molecular flexibility index (Phi) is 6.14. The highest BCUT2D eigenvalue weighted by Crippen LogP contribution is 2.29. The van der Waals surface area contributed by atoms with E-state index in [1.807, 2.05) is 6.07 Å². The second kappa shape index (κ2) is 8.78. The molecule has 29 heavy (non-hydrogen) atoms. The van der Waals surface area contributed by atoms with Crippen molar-refractivity contribution in [3.8, 4) is 0 Å². The summed E-state index contributed by atoms with van der Waals surface area (Å²) in [6, 6.07) is 8.52. The summed E-state index contributed by atoms with van der Waals surface area (Å²) in [5.74, 6) is 1.60. The Balaban J connectivity index is 1.65. The molecule has 10 heteroatoms. The van der Waals surface area contributed by atoms with Gasteiger partial charge in [-0.05, 0) is 64.1 Å². The van der Waals surface area contributed by atoms with E-state index in [-0.39, 0.29) is 23.5 Å². The number of nitrogens with one attached hydrogen (secondary N) is 2. The zero-order valence-electron chi connectivity index (χ0n) is 15.5. The second-order valence-corrected chi connectivity index (χ2v) is 8.91. The molecular weight excluding hydrogens is 458 g/mol. The summed E-state index contributed by atoms with van der Waals surface area (Å²) in [4.78, 5) is 4.91. The molecule has 1 saturated carbocycles. The molecule has 1 aliphatic carbocycles. The first-order valence-electron chi connectivity index (χ1n) is 9.43. The van der Waals surface area contributed by atoms with E-state index in [1.54, 1.807) is 22.8 Å². The Morgan fingerprint density at radius 1 is 1.28 bits per heavy atom. The van der Waals surface area contributed by atoms with Gasteiger partial charge < -0.3 is 20.3 Å². The lowest BCUT2D eigenvalue weighted by atomic mass is 9.85. The maximum atomic E-state index is 11.1. The maximum Gasteiger partial charge on any atom is 0.173 e. The van der Waals surface area contributed by atoms with Crippen molar-refractivity contribution in [2.24, 2.45) is 5.92 Å². The zero-order chi connectivity index (χ0) is 20.4. The van der Waals surface area contributed by atoms with E-state index in [4.69, 9.17) is 0 Å². The predicted octanol–water partition coefficient (Wildman–Crippen LogP) is 3.44. The van der Waals surface area contributed by atoms with E-state index in [1.165, 1.54) is 12.1 Å². The molecule has 1 aliphatic rings. The molecule has 1 unspecified atom stereocenters. The van der Waals surface area contributed by atoms with Crippen molar-refractivity contribution in [3.63, 3.8) is 0 Å². The van der Waals surface area contributed by atoms with Crippen LogP contribution in [0.4, 0.5) is 17.3 Å². The third-order valence-electron chi connectivity index (χ3n) is 5.22. The fraction of sp³-hybridized carbons (Fsp3) is 0.368. The molecule has 4 rings (SSSR count). The smallest absolute Gasteiger partial charge is 0.173 e. The third kappa shape index (κ3) is 4.45. The predicted molar refractivity (Wildman–Crippen MR) is 114 cm³/mol. The van der Waals surface area contributed by atoms with Gasteiger partial charge in [0.05, 0.1) is 10.7 Å². The number of aromatic nitrogens is 3. The van der Waals surface area contributed by atoms with Gasteiger partial charge in [-0.1, -0.05) is 12.8 Å². The molecule has 0 saturated heterocycles. The summed E-state index contributed by atoms with van der Waals surface area (Å²) < 4.78 is 24.6. The first-order valence-corrected chi connectivity index (χ1v) is 11.3. The van der Waals surface area contributed by atoms with Crippen LogP contribution in [0.25, 0.3) is 5.65 Å². The molecular formula is C19H21BrN5O3S-. The van der Waals surface area contributed by atoms with Crippen molar-refractivity contribution in [1.82, 2.24) is 14.6 Å². The second-order valence-electron chi connectivity index (χ2n) is 7.12. The summed E-state index contributed by atoms with van der Waals surface area (Å²) >= 11 is 1.23. The quantitative estimate of drug-likeness (QED) is 0.464. The van der Waals surface area contributed by atoms with Gasteiger partial charge >= 0.3 is 0 Å². The highest BCUT2D eigenvalue weighted by molar-refractivity contribution is 9.10. The Morgan fingerprint density at radius 2 is 2.03 bits per heavy atom. The monoisotopic (exact) mass is 478 g/mol. The minimum atomic E-state index is -2.26. The van der Waals surface area contributed by atoms with Gasteiger partial charge in [0.2, 0.25) is 0 Å². The third-order valence-corrected chi connectivity index (χ3v) is 6.44. The molecule has 2 heterocycles. The van der Waals surface area contributed by atoms with E-state index >= 15 is 0 Å². The van der Waals surface area contributed by atoms with E-state index in [2.05, 4.69) is 36.6 Å². The van der Waals surface area contributed by atoms with Gasteiger partial charge in [-0.15, -0.1) is 0 Å². The van der Waals surface area contributed by atoms with E-state index < -0.39 is 11.1 Å². The Hall–Kier alpha value is -2.01. The summed E-state index contributed by atoms with van der Waals surface area (Å²) in [5, 5.41) is 20.8. The van der Waals surface area contributed by atoms with E-state index in [9.17, 15) is 13.9 Å². The molecule has 3 atom stereocenters. The molecule has 3 aromatic rings. The van der Waals surface area contributed by atoms with Crippen LogP contribution in [0.1, 0.15) is 25.7 Å². The lowest BCUT2D eigenvalue weighted by Gasteiger charge is -2.31. The molecule has 2 aromatic heterocycles. The van der Waals surface area contributed by atoms with Gasteiger partial charge in [-0.3, -0.25) is 4.21 Å². The number of aliphatic hydroxyl groups excluding tert-OH is 1. The number of nitrogens with zero attached hydrogens (tertiary/aromatic N) is 3. The minimum absolute atomic E-state index is 0.162. The molecule has 1 fully saturated rings. The van der Waals surface area contributed by atoms with E-state index in [0.717, 1.165) is 35.8 Å². The van der Waals surface area contributed by atoms with Crippen LogP contribution in [0.3, 0.4) is 0 Å². The fourth-order valence-electron chi connectivity index (χ4n) is 3.70. The number of fused-ring (bicyclic) bond motifs is 1. The van der Waals surface area contributed by atoms with Crippen LogP contribution in [0.15, 0.2) is 45.9 Å². The lowest BCUT2D eigenvalue weighted by Crippen LogP contribution is -2.34. The van der Waals surface area contributed by atoms with Crippen molar-refractivity contribution in [2.45, 2.75) is 36.6 Å². The number of aliphatic hydroxyl groups is 1. The SMILES string of the molecule is O=S([O-])c1ccc(Nc2cc(N[C@@H]3CCCC[C@H]3CO)nc3c(Br)cnn23)cc1. The van der Waals surface area contributed by atoms with Crippen molar-refractivity contribution in [2.75, 3.05) is 17.2 Å². The van der Waals surface area contributed by atoms with Crippen molar-refractivity contribution in [3.05, 3.63) is 41.0 Å². The average Bonchev–Trinajstić information content (AvgIpc) is 3.10. The first-order chi connectivity index (χ1) is 14.0. The molecule has 0 bridgehead atoms. The molecule has 154 valence electrons. The van der Waals surface area contributed by atoms with Gasteiger partial charge in [-0.2, -0.15) is 9.61 Å². The molecule has 8 nitrogen and oxygen atoms in total. The number of anilines is 3. The topological polar surface area (TPSA) is 115 Å². The Bertz CT molecular complexity index is 1030. The summed E-state index contributed by atoms with van der Waals surface area (Å²) in [7, 11) is 0. The van der Waals surface area contributed by atoms with Crippen LogP contribution < -0.4 is 10.6 Å². The Morgan fingerprint density at radius 3 is 2.76 bits per heavy atom. The van der Waals surface area contributed by atoms with Crippen molar-refractivity contribution < 1.29 is 13.9 Å².